The van der Waals surface area contributed by atoms with Crippen molar-refractivity contribution in [2.24, 2.45) is 0 Å². The van der Waals surface area contributed by atoms with Gasteiger partial charge in [-0.3, -0.25) is 9.36 Å². The summed E-state index contributed by atoms with van der Waals surface area (Å²) in [6, 6.07) is 15.5. The number of rotatable bonds is 5. The molecule has 35 heavy (non-hydrogen) atoms. The predicted molar refractivity (Wildman–Crippen MR) is 138 cm³/mol. The number of imidazole rings is 1. The summed E-state index contributed by atoms with van der Waals surface area (Å²) in [6.45, 7) is 3.44. The average Bonchev–Trinajstić information content (AvgIpc) is 3.55. The maximum absolute atomic E-state index is 13.7. The van der Waals surface area contributed by atoms with Crippen molar-refractivity contribution in [1.82, 2.24) is 14.5 Å². The van der Waals surface area contributed by atoms with E-state index in [1.54, 1.807) is 11.7 Å². The van der Waals surface area contributed by atoms with Crippen LogP contribution in [0.3, 0.4) is 0 Å². The zero-order chi connectivity index (χ0) is 23.9. The van der Waals surface area contributed by atoms with Crippen LogP contribution in [0.2, 0.25) is 0 Å². The Balaban J connectivity index is 1.45. The van der Waals surface area contributed by atoms with Crippen molar-refractivity contribution in [3.05, 3.63) is 69.8 Å². The van der Waals surface area contributed by atoms with Crippen LogP contribution in [0.5, 0.6) is 11.5 Å². The van der Waals surface area contributed by atoms with E-state index < -0.39 is 0 Å². The van der Waals surface area contributed by atoms with Gasteiger partial charge in [0.25, 0.3) is 5.56 Å². The maximum Gasteiger partial charge on any atom is 0.266 e. The summed E-state index contributed by atoms with van der Waals surface area (Å²) in [5.41, 5.74) is 3.47. The molecule has 3 aromatic heterocycles. The fourth-order valence-electron chi connectivity index (χ4n) is 4.56. The van der Waals surface area contributed by atoms with Crippen molar-refractivity contribution < 1.29 is 14.6 Å². The van der Waals surface area contributed by atoms with Gasteiger partial charge >= 0.3 is 0 Å². The molecule has 1 saturated heterocycles. The Labute approximate surface area is 205 Å². The summed E-state index contributed by atoms with van der Waals surface area (Å²) in [5, 5.41) is 13.6. The molecule has 4 heterocycles. The molecule has 2 N–H and O–H groups in total. The number of hydrogen-bond donors (Lipinski definition) is 2. The second-order valence-electron chi connectivity index (χ2n) is 8.49. The number of aromatic nitrogens is 3. The molecule has 0 amide bonds. The number of ether oxygens (including phenoxy) is 2. The number of fused-ring (bicyclic) bond motifs is 2. The Morgan fingerprint density at radius 2 is 1.94 bits per heavy atom. The molecule has 6 rings (SSSR count). The smallest absolute Gasteiger partial charge is 0.266 e. The van der Waals surface area contributed by atoms with Crippen LogP contribution in [0, 0.1) is 0 Å². The molecule has 5 aromatic rings. The van der Waals surface area contributed by atoms with Gasteiger partial charge in [0.05, 0.1) is 43.3 Å². The third kappa shape index (κ3) is 3.82. The molecular weight excluding hydrogens is 464 g/mol. The molecule has 178 valence electrons. The Morgan fingerprint density at radius 3 is 2.71 bits per heavy atom. The summed E-state index contributed by atoms with van der Waals surface area (Å²) in [7, 11) is 1.62. The largest absolute Gasteiger partial charge is 0.506 e. The number of nitrogens with one attached hydrogen (secondary N) is 1. The van der Waals surface area contributed by atoms with Crippen LogP contribution in [0.25, 0.3) is 32.6 Å². The number of morpholine rings is 1. The van der Waals surface area contributed by atoms with Crippen molar-refractivity contribution in [2.45, 2.75) is 6.54 Å². The lowest BCUT2D eigenvalue weighted by Gasteiger charge is -2.28. The van der Waals surface area contributed by atoms with Crippen LogP contribution >= 0.6 is 11.3 Å². The second kappa shape index (κ2) is 8.75. The molecule has 0 spiro atoms. The Kier molecular flexibility index (Phi) is 5.43. The van der Waals surface area contributed by atoms with Crippen LogP contribution < -0.4 is 15.2 Å². The van der Waals surface area contributed by atoms with Gasteiger partial charge in [0.2, 0.25) is 0 Å². The van der Waals surface area contributed by atoms with E-state index in [4.69, 9.17) is 9.47 Å². The SMILES string of the molecule is COc1ccc(Cn2c(=O)c(-c3nc4ccc(N5CCOCC5)cc4[nH]3)c(O)c3ccsc32)cc1. The van der Waals surface area contributed by atoms with E-state index in [1.807, 2.05) is 53.9 Å². The summed E-state index contributed by atoms with van der Waals surface area (Å²) in [5.74, 6) is 1.07. The molecule has 2 aromatic carbocycles. The number of H-pyrrole nitrogens is 1. The molecule has 1 aliphatic heterocycles. The van der Waals surface area contributed by atoms with Gasteiger partial charge in [0, 0.05) is 18.8 Å². The first-order valence-electron chi connectivity index (χ1n) is 11.4. The van der Waals surface area contributed by atoms with Crippen molar-refractivity contribution in [1.29, 1.82) is 0 Å². The van der Waals surface area contributed by atoms with E-state index in [2.05, 4.69) is 14.9 Å². The van der Waals surface area contributed by atoms with Crippen LogP contribution in [-0.4, -0.2) is 53.1 Å². The average molecular weight is 489 g/mol. The highest BCUT2D eigenvalue weighted by molar-refractivity contribution is 7.16. The van der Waals surface area contributed by atoms with Crippen LogP contribution in [-0.2, 0) is 11.3 Å². The van der Waals surface area contributed by atoms with E-state index in [0.717, 1.165) is 46.0 Å². The van der Waals surface area contributed by atoms with Gasteiger partial charge in [-0.25, -0.2) is 4.98 Å². The van der Waals surface area contributed by atoms with E-state index in [0.29, 0.717) is 31.0 Å². The van der Waals surface area contributed by atoms with Crippen molar-refractivity contribution in [3.63, 3.8) is 0 Å². The molecule has 0 bridgehead atoms. The van der Waals surface area contributed by atoms with Crippen LogP contribution in [0.1, 0.15) is 5.56 Å². The van der Waals surface area contributed by atoms with Gasteiger partial charge < -0.3 is 24.5 Å². The zero-order valence-electron chi connectivity index (χ0n) is 19.2. The fraction of sp³-hybridized carbons (Fsp3) is 0.231. The highest BCUT2D eigenvalue weighted by Gasteiger charge is 2.22. The maximum atomic E-state index is 13.7. The molecule has 0 radical (unpaired) electrons. The summed E-state index contributed by atoms with van der Waals surface area (Å²) in [6.07, 6.45) is 0. The topological polar surface area (TPSA) is 92.6 Å². The minimum Gasteiger partial charge on any atom is -0.506 e. The summed E-state index contributed by atoms with van der Waals surface area (Å²) in [4.78, 5) is 24.7. The molecule has 9 heteroatoms. The number of nitrogens with zero attached hydrogens (tertiary/aromatic N) is 3. The normalized spacial score (nSPS) is 14.1. The second-order valence-corrected chi connectivity index (χ2v) is 9.38. The van der Waals surface area contributed by atoms with Gasteiger partial charge in [-0.2, -0.15) is 0 Å². The summed E-state index contributed by atoms with van der Waals surface area (Å²) >= 11 is 1.43. The molecule has 0 atom stereocenters. The fourth-order valence-corrected chi connectivity index (χ4v) is 5.46. The first kappa shape index (κ1) is 21.7. The highest BCUT2D eigenvalue weighted by Crippen LogP contribution is 2.36. The monoisotopic (exact) mass is 488 g/mol. The van der Waals surface area contributed by atoms with Gasteiger partial charge in [-0.15, -0.1) is 11.3 Å². The lowest BCUT2D eigenvalue weighted by atomic mass is 10.1. The van der Waals surface area contributed by atoms with Crippen LogP contribution in [0.15, 0.2) is 58.7 Å². The van der Waals surface area contributed by atoms with E-state index in [-0.39, 0.29) is 16.9 Å². The quantitative estimate of drug-likeness (QED) is 0.385. The molecule has 1 aliphatic rings. The minimum atomic E-state index is -0.291. The van der Waals surface area contributed by atoms with Crippen molar-refractivity contribution >= 4 is 38.3 Å². The molecule has 0 saturated carbocycles. The standard InChI is InChI=1S/C26H24N4O4S/c1-33-18-5-2-16(3-6-18)15-30-25(32)22(23(31)19-8-13-35-26(19)30)24-27-20-7-4-17(14-21(20)28-24)29-9-11-34-12-10-29/h2-8,13-14,31H,9-12,15H2,1H3,(H,27,28). The lowest BCUT2D eigenvalue weighted by molar-refractivity contribution is 0.122. The third-order valence-electron chi connectivity index (χ3n) is 6.42. The van der Waals surface area contributed by atoms with E-state index >= 15 is 0 Å². The number of benzene rings is 2. The Hall–Kier alpha value is -3.82. The molecule has 0 aliphatic carbocycles. The van der Waals surface area contributed by atoms with Gasteiger partial charge in [0.15, 0.2) is 0 Å². The first-order chi connectivity index (χ1) is 17.1. The lowest BCUT2D eigenvalue weighted by Crippen LogP contribution is -2.36. The van der Waals surface area contributed by atoms with Crippen molar-refractivity contribution in [2.75, 3.05) is 38.3 Å². The molecule has 8 nitrogen and oxygen atoms in total. The Bertz CT molecular complexity index is 1580. The number of pyridine rings is 1. The predicted octanol–water partition coefficient (Wildman–Crippen LogP) is 4.21. The number of hydrogen-bond acceptors (Lipinski definition) is 7. The number of thiophene rings is 1. The number of aromatic amines is 1. The van der Waals surface area contributed by atoms with Crippen molar-refractivity contribution in [3.8, 4) is 22.9 Å². The first-order valence-corrected chi connectivity index (χ1v) is 12.3. The zero-order valence-corrected chi connectivity index (χ0v) is 20.0. The Morgan fingerprint density at radius 1 is 1.14 bits per heavy atom. The summed E-state index contributed by atoms with van der Waals surface area (Å²) < 4.78 is 12.4. The minimum absolute atomic E-state index is 0.0512. The molecule has 1 fully saturated rings. The van der Waals surface area contributed by atoms with E-state index in [1.165, 1.54) is 11.3 Å². The third-order valence-corrected chi connectivity index (χ3v) is 7.35. The van der Waals surface area contributed by atoms with Gasteiger partial charge in [0.1, 0.15) is 27.7 Å². The number of aromatic hydroxyl groups is 1. The molecular formula is C26H24N4O4S. The van der Waals surface area contributed by atoms with Gasteiger partial charge in [-0.1, -0.05) is 12.1 Å². The molecule has 0 unspecified atom stereocenters. The van der Waals surface area contributed by atoms with Crippen LogP contribution in [0.4, 0.5) is 5.69 Å². The van der Waals surface area contributed by atoms with Gasteiger partial charge in [-0.05, 0) is 47.3 Å². The van der Waals surface area contributed by atoms with E-state index in [9.17, 15) is 9.90 Å². The number of methoxy groups -OCH3 is 1. The number of anilines is 1. The highest BCUT2D eigenvalue weighted by atomic mass is 32.1.